The Kier molecular flexibility index (Phi) is 6.32. The van der Waals surface area contributed by atoms with Crippen molar-refractivity contribution in [1.29, 1.82) is 0 Å². The van der Waals surface area contributed by atoms with Crippen LogP contribution in [0.5, 0.6) is 5.75 Å². The molecule has 7 heteroatoms. The fraction of sp³-hybridized carbons (Fsp3) is 0.250. The van der Waals surface area contributed by atoms with Gasteiger partial charge in [0.15, 0.2) is 6.10 Å². The van der Waals surface area contributed by atoms with Crippen LogP contribution in [0.4, 0.5) is 10.1 Å². The number of benzene rings is 2. The monoisotopic (exact) mass is 438 g/mol. The summed E-state index contributed by atoms with van der Waals surface area (Å²) in [6, 6.07) is 15.4. The molecule has 0 aliphatic carbocycles. The van der Waals surface area contributed by atoms with Gasteiger partial charge in [-0.2, -0.15) is 0 Å². The third-order valence-corrected chi connectivity index (χ3v) is 6.01. The second-order valence-electron chi connectivity index (χ2n) is 7.46. The van der Waals surface area contributed by atoms with Crippen LogP contribution in [0.25, 0.3) is 0 Å². The first kappa shape index (κ1) is 21.1. The second-order valence-corrected chi connectivity index (χ2v) is 8.49. The van der Waals surface area contributed by atoms with Crippen LogP contribution in [0.15, 0.2) is 60.0 Å². The van der Waals surface area contributed by atoms with Crippen molar-refractivity contribution < 1.29 is 18.7 Å². The SMILES string of the molecule is CC[C@H]1Oc2ccc(NC(=O)Cc3cccs3)cc2CN(Cc2ccc(F)cc2)C1=O. The summed E-state index contributed by atoms with van der Waals surface area (Å²) in [4.78, 5) is 28.1. The maximum absolute atomic E-state index is 13.3. The van der Waals surface area contributed by atoms with Crippen LogP contribution >= 0.6 is 11.3 Å². The molecule has 1 aliphatic heterocycles. The van der Waals surface area contributed by atoms with Crippen molar-refractivity contribution in [3.05, 3.63) is 81.8 Å². The quantitative estimate of drug-likeness (QED) is 0.603. The molecule has 1 aromatic heterocycles. The number of halogens is 1. The van der Waals surface area contributed by atoms with Gasteiger partial charge in [0.1, 0.15) is 11.6 Å². The normalized spacial score (nSPS) is 15.7. The van der Waals surface area contributed by atoms with Crippen LogP contribution in [-0.4, -0.2) is 22.8 Å². The van der Waals surface area contributed by atoms with E-state index in [0.717, 1.165) is 16.0 Å². The van der Waals surface area contributed by atoms with E-state index >= 15 is 0 Å². The highest BCUT2D eigenvalue weighted by Crippen LogP contribution is 2.30. The van der Waals surface area contributed by atoms with Gasteiger partial charge < -0.3 is 15.0 Å². The molecule has 0 radical (unpaired) electrons. The fourth-order valence-corrected chi connectivity index (χ4v) is 4.27. The molecule has 5 nitrogen and oxygen atoms in total. The molecule has 160 valence electrons. The summed E-state index contributed by atoms with van der Waals surface area (Å²) < 4.78 is 19.2. The first-order chi connectivity index (χ1) is 15.0. The molecule has 0 saturated carbocycles. The van der Waals surface area contributed by atoms with E-state index in [1.165, 1.54) is 12.1 Å². The number of amides is 2. The molecule has 0 spiro atoms. The van der Waals surface area contributed by atoms with Crippen molar-refractivity contribution in [2.75, 3.05) is 5.32 Å². The van der Waals surface area contributed by atoms with Gasteiger partial charge in [-0.15, -0.1) is 11.3 Å². The summed E-state index contributed by atoms with van der Waals surface area (Å²) >= 11 is 1.54. The van der Waals surface area contributed by atoms with Crippen molar-refractivity contribution in [1.82, 2.24) is 4.90 Å². The van der Waals surface area contributed by atoms with Crippen LogP contribution in [0.3, 0.4) is 0 Å². The van der Waals surface area contributed by atoms with Gasteiger partial charge in [-0.05, 0) is 53.8 Å². The molecule has 3 aromatic rings. The van der Waals surface area contributed by atoms with E-state index < -0.39 is 6.10 Å². The number of thiophene rings is 1. The number of nitrogens with one attached hydrogen (secondary N) is 1. The maximum atomic E-state index is 13.3. The lowest BCUT2D eigenvalue weighted by Gasteiger charge is -2.23. The second kappa shape index (κ2) is 9.31. The zero-order chi connectivity index (χ0) is 21.8. The summed E-state index contributed by atoms with van der Waals surface area (Å²) in [5.74, 6) is 0.126. The predicted molar refractivity (Wildman–Crippen MR) is 118 cm³/mol. The summed E-state index contributed by atoms with van der Waals surface area (Å²) in [6.45, 7) is 2.60. The van der Waals surface area contributed by atoms with Crippen molar-refractivity contribution in [2.24, 2.45) is 0 Å². The molecular formula is C24H23FN2O3S. The Hall–Kier alpha value is -3.19. The minimum Gasteiger partial charge on any atom is -0.480 e. The number of fused-ring (bicyclic) bond motifs is 1. The number of ether oxygens (including phenoxy) is 1. The summed E-state index contributed by atoms with van der Waals surface area (Å²) in [7, 11) is 0. The number of rotatable bonds is 6. The average molecular weight is 439 g/mol. The van der Waals surface area contributed by atoms with E-state index in [-0.39, 0.29) is 17.6 Å². The van der Waals surface area contributed by atoms with Gasteiger partial charge in [0.25, 0.3) is 5.91 Å². The minimum absolute atomic E-state index is 0.0948. The van der Waals surface area contributed by atoms with E-state index in [4.69, 9.17) is 4.74 Å². The van der Waals surface area contributed by atoms with E-state index in [0.29, 0.717) is 37.4 Å². The van der Waals surface area contributed by atoms with Crippen LogP contribution < -0.4 is 10.1 Å². The standard InChI is InChI=1S/C24H23FN2O3S/c1-2-21-24(29)27(14-16-5-7-18(25)8-6-16)15-17-12-19(9-10-22(17)30-21)26-23(28)13-20-4-3-11-31-20/h3-12,21H,2,13-15H2,1H3,(H,26,28)/t21-/m1/s1. The van der Waals surface area contributed by atoms with Gasteiger partial charge in [0, 0.05) is 29.2 Å². The van der Waals surface area contributed by atoms with Gasteiger partial charge in [-0.3, -0.25) is 9.59 Å². The lowest BCUT2D eigenvalue weighted by molar-refractivity contribution is -0.139. The van der Waals surface area contributed by atoms with Gasteiger partial charge in [-0.1, -0.05) is 25.1 Å². The van der Waals surface area contributed by atoms with Crippen LogP contribution in [0, 0.1) is 5.82 Å². The highest BCUT2D eigenvalue weighted by atomic mass is 32.1. The van der Waals surface area contributed by atoms with Crippen molar-refractivity contribution in [2.45, 2.75) is 39.0 Å². The summed E-state index contributed by atoms with van der Waals surface area (Å²) in [6.07, 6.45) is 0.275. The Labute approximate surface area is 184 Å². The predicted octanol–water partition coefficient (Wildman–Crippen LogP) is 4.77. The summed E-state index contributed by atoms with van der Waals surface area (Å²) in [5.41, 5.74) is 2.32. The van der Waals surface area contributed by atoms with Crippen LogP contribution in [-0.2, 0) is 29.1 Å². The smallest absolute Gasteiger partial charge is 0.264 e. The van der Waals surface area contributed by atoms with Crippen molar-refractivity contribution >= 4 is 28.8 Å². The van der Waals surface area contributed by atoms with Gasteiger partial charge in [0.2, 0.25) is 5.91 Å². The number of hydrogen-bond acceptors (Lipinski definition) is 4. The Morgan fingerprint density at radius 2 is 2.03 bits per heavy atom. The average Bonchev–Trinajstić information content (AvgIpc) is 3.22. The Balaban J connectivity index is 1.54. The van der Waals surface area contributed by atoms with Crippen molar-refractivity contribution in [3.8, 4) is 5.75 Å². The Bertz CT molecular complexity index is 1070. The highest BCUT2D eigenvalue weighted by Gasteiger charge is 2.30. The molecule has 1 N–H and O–H groups in total. The zero-order valence-corrected chi connectivity index (χ0v) is 18.0. The molecule has 2 aromatic carbocycles. The lowest BCUT2D eigenvalue weighted by Crippen LogP contribution is -2.38. The highest BCUT2D eigenvalue weighted by molar-refractivity contribution is 7.10. The maximum Gasteiger partial charge on any atom is 0.264 e. The molecule has 1 aliphatic rings. The molecule has 31 heavy (non-hydrogen) atoms. The largest absolute Gasteiger partial charge is 0.480 e. The topological polar surface area (TPSA) is 58.6 Å². The first-order valence-electron chi connectivity index (χ1n) is 10.2. The van der Waals surface area contributed by atoms with E-state index in [1.54, 1.807) is 40.5 Å². The molecule has 0 unspecified atom stereocenters. The fourth-order valence-electron chi connectivity index (χ4n) is 3.57. The number of nitrogens with zero attached hydrogens (tertiary/aromatic N) is 1. The minimum atomic E-state index is -0.582. The van der Waals surface area contributed by atoms with Crippen LogP contribution in [0.1, 0.15) is 29.3 Å². The number of carbonyl (C=O) groups excluding carboxylic acids is 2. The molecule has 0 bridgehead atoms. The molecule has 1 atom stereocenters. The number of anilines is 1. The molecule has 2 heterocycles. The molecular weight excluding hydrogens is 415 g/mol. The number of hydrogen-bond donors (Lipinski definition) is 1. The van der Waals surface area contributed by atoms with Gasteiger partial charge in [0.05, 0.1) is 6.42 Å². The third kappa shape index (κ3) is 5.11. The third-order valence-electron chi connectivity index (χ3n) is 5.13. The van der Waals surface area contributed by atoms with E-state index in [1.807, 2.05) is 30.5 Å². The molecule has 4 rings (SSSR count). The van der Waals surface area contributed by atoms with E-state index in [9.17, 15) is 14.0 Å². The Morgan fingerprint density at radius 1 is 1.23 bits per heavy atom. The zero-order valence-electron chi connectivity index (χ0n) is 17.1. The number of carbonyl (C=O) groups is 2. The van der Waals surface area contributed by atoms with Crippen LogP contribution in [0.2, 0.25) is 0 Å². The molecule has 0 fully saturated rings. The summed E-state index contributed by atoms with van der Waals surface area (Å²) in [5, 5.41) is 4.87. The molecule has 0 saturated heterocycles. The lowest BCUT2D eigenvalue weighted by atomic mass is 10.1. The Morgan fingerprint density at radius 3 is 2.74 bits per heavy atom. The van der Waals surface area contributed by atoms with Gasteiger partial charge in [-0.25, -0.2) is 4.39 Å². The first-order valence-corrected chi connectivity index (χ1v) is 11.0. The van der Waals surface area contributed by atoms with Crippen molar-refractivity contribution in [3.63, 3.8) is 0 Å². The van der Waals surface area contributed by atoms with Gasteiger partial charge >= 0.3 is 0 Å². The van der Waals surface area contributed by atoms with E-state index in [2.05, 4.69) is 5.32 Å². The molecule has 2 amide bonds.